The summed E-state index contributed by atoms with van der Waals surface area (Å²) in [5.41, 5.74) is 3.74. The second kappa shape index (κ2) is 20.8. The van der Waals surface area contributed by atoms with Crippen LogP contribution in [-0.4, -0.2) is 82.0 Å². The quantitative estimate of drug-likeness (QED) is 0.168. The number of nitrogens with one attached hydrogen (secondary N) is 2. The lowest BCUT2D eigenvalue weighted by molar-refractivity contribution is -0.858. The topological polar surface area (TPSA) is 173 Å². The standard InChI is InChI=1S/C24H31ClN2OS.2C4H4O4/c1-26(2)14-7-10-20-19-9-5-6-11-22(19)29-23-13-12-18(25)17-21(23)24(20)28-16-8-15-27(3)4;2*5-3(6)1-2-4(7)8/h5-6,9,11-13,17H,7-8,10,14-16H2,1-4H3;2*1-2H,(H,5,6)(H,7,8)/b;2*2-1-. The first kappa shape index (κ1) is 38.9. The lowest BCUT2D eigenvalue weighted by Gasteiger charge is -2.18. The molecule has 13 heteroatoms. The summed E-state index contributed by atoms with van der Waals surface area (Å²) in [6.45, 7) is 2.96. The molecule has 3 rings (SSSR count). The highest BCUT2D eigenvalue weighted by Gasteiger charge is 2.24. The number of hydrogen-bond acceptors (Lipinski definition) is 8. The van der Waals surface area contributed by atoms with Crippen LogP contribution in [0.4, 0.5) is 0 Å². The zero-order chi connectivity index (χ0) is 33.9. The summed E-state index contributed by atoms with van der Waals surface area (Å²) in [5.74, 6) is -4.59. The molecule has 0 saturated carbocycles. The number of carbonyl (C=O) groups excluding carboxylic acids is 2. The monoisotopic (exact) mass is 662 g/mol. The normalized spacial score (nSPS) is 12.1. The average molecular weight is 663 g/mol. The molecule has 2 aromatic rings. The number of halogens is 1. The van der Waals surface area contributed by atoms with Crippen LogP contribution in [0.25, 0.3) is 11.3 Å². The van der Waals surface area contributed by atoms with E-state index >= 15 is 0 Å². The first-order chi connectivity index (χ1) is 21.2. The van der Waals surface area contributed by atoms with Gasteiger partial charge in [-0.15, -0.1) is 0 Å². The van der Waals surface area contributed by atoms with Gasteiger partial charge < -0.3 is 44.6 Å². The van der Waals surface area contributed by atoms with Gasteiger partial charge in [-0.2, -0.15) is 0 Å². The highest BCUT2D eigenvalue weighted by Crippen LogP contribution is 2.46. The van der Waals surface area contributed by atoms with E-state index in [9.17, 15) is 29.4 Å². The highest BCUT2D eigenvalue weighted by atomic mass is 35.5. The van der Waals surface area contributed by atoms with Gasteiger partial charge in [-0.05, 0) is 48.4 Å². The number of fused-ring (bicyclic) bond motifs is 2. The predicted octanol–water partition coefficient (Wildman–Crippen LogP) is -0.0970. The van der Waals surface area contributed by atoms with E-state index in [2.05, 4.69) is 64.6 Å². The number of carboxylic acid groups (broad SMARTS) is 4. The molecule has 1 heterocycles. The Labute approximate surface area is 272 Å². The van der Waals surface area contributed by atoms with Gasteiger partial charge in [0.05, 0.1) is 59.8 Å². The number of hydrogen-bond donors (Lipinski definition) is 4. The lowest BCUT2D eigenvalue weighted by atomic mass is 9.96. The first-order valence-electron chi connectivity index (χ1n) is 14.0. The second-order valence-corrected chi connectivity index (χ2v) is 11.8. The third-order valence-electron chi connectivity index (χ3n) is 5.79. The molecule has 2 aromatic carbocycles. The molecule has 0 fully saturated rings. The molecule has 0 radical (unpaired) electrons. The summed E-state index contributed by atoms with van der Waals surface area (Å²) in [5, 5.41) is 35.2. The van der Waals surface area contributed by atoms with Crippen molar-refractivity contribution in [2.24, 2.45) is 0 Å². The SMILES string of the molecule is C[NH+](C)CCCOC1=C(CCC[NH+](C)C)c2ccccc2Sc2ccc(Cl)cc21.O=C([O-])/C=C\C(=O)O.O=C([O-])/C=C\C(=O)O. The molecule has 0 atom stereocenters. The Morgan fingerprint density at radius 2 is 1.33 bits per heavy atom. The zero-order valence-electron chi connectivity index (χ0n) is 25.6. The highest BCUT2D eigenvalue weighted by molar-refractivity contribution is 7.99. The zero-order valence-corrected chi connectivity index (χ0v) is 27.2. The number of aliphatic carboxylic acids is 4. The van der Waals surface area contributed by atoms with Crippen molar-refractivity contribution in [2.45, 2.75) is 29.1 Å². The van der Waals surface area contributed by atoms with Crippen molar-refractivity contribution in [3.8, 4) is 0 Å². The van der Waals surface area contributed by atoms with E-state index in [0.717, 1.165) is 55.3 Å². The van der Waals surface area contributed by atoms with Crippen LogP contribution in [0.3, 0.4) is 0 Å². The predicted molar refractivity (Wildman–Crippen MR) is 168 cm³/mol. The smallest absolute Gasteiger partial charge is 0.328 e. The Kier molecular flexibility index (Phi) is 18.0. The number of carboxylic acids is 4. The molecule has 0 amide bonds. The summed E-state index contributed by atoms with van der Waals surface area (Å²) in [7, 11) is 8.78. The number of benzene rings is 2. The number of ether oxygens (including phenoxy) is 1. The van der Waals surface area contributed by atoms with Gasteiger partial charge in [-0.1, -0.05) is 41.6 Å². The van der Waals surface area contributed by atoms with Crippen LogP contribution in [-0.2, 0) is 23.9 Å². The lowest BCUT2D eigenvalue weighted by Crippen LogP contribution is -3.05. The van der Waals surface area contributed by atoms with Crippen molar-refractivity contribution in [1.82, 2.24) is 0 Å². The molecular weight excluding hydrogens is 624 g/mol. The van der Waals surface area contributed by atoms with Gasteiger partial charge in [0.2, 0.25) is 0 Å². The average Bonchev–Trinajstić information content (AvgIpc) is 3.08. The molecule has 45 heavy (non-hydrogen) atoms. The maximum atomic E-state index is 9.53. The third-order valence-corrected chi connectivity index (χ3v) is 7.17. The number of carbonyl (C=O) groups is 4. The summed E-state index contributed by atoms with van der Waals surface area (Å²) < 4.78 is 6.51. The molecule has 0 unspecified atom stereocenters. The van der Waals surface area contributed by atoms with Crippen LogP contribution in [0.1, 0.15) is 30.4 Å². The Balaban J connectivity index is 0.000000521. The molecule has 1 aliphatic heterocycles. The fraction of sp³-hybridized carbons (Fsp3) is 0.312. The first-order valence-corrected chi connectivity index (χ1v) is 15.2. The fourth-order valence-electron chi connectivity index (χ4n) is 3.89. The van der Waals surface area contributed by atoms with Crippen molar-refractivity contribution in [3.63, 3.8) is 0 Å². The van der Waals surface area contributed by atoms with Gasteiger partial charge in [0, 0.05) is 50.9 Å². The van der Waals surface area contributed by atoms with Gasteiger partial charge in [0.1, 0.15) is 5.76 Å². The van der Waals surface area contributed by atoms with E-state index in [1.165, 1.54) is 30.7 Å². The molecule has 1 aliphatic rings. The van der Waals surface area contributed by atoms with Crippen LogP contribution >= 0.6 is 23.4 Å². The van der Waals surface area contributed by atoms with E-state index in [1.807, 2.05) is 17.8 Å². The molecule has 4 N–H and O–H groups in total. The van der Waals surface area contributed by atoms with Crippen LogP contribution < -0.4 is 20.0 Å². The largest absolute Gasteiger partial charge is 0.545 e. The fourth-order valence-corrected chi connectivity index (χ4v) is 5.14. The Morgan fingerprint density at radius 1 is 0.800 bits per heavy atom. The van der Waals surface area contributed by atoms with Crippen LogP contribution in [0.2, 0.25) is 5.02 Å². The maximum Gasteiger partial charge on any atom is 0.328 e. The number of allylic oxidation sites excluding steroid dienone is 1. The van der Waals surface area contributed by atoms with Crippen molar-refractivity contribution < 1.29 is 54.1 Å². The van der Waals surface area contributed by atoms with Crippen LogP contribution in [0, 0.1) is 0 Å². The van der Waals surface area contributed by atoms with E-state index in [-0.39, 0.29) is 0 Å². The van der Waals surface area contributed by atoms with E-state index in [1.54, 1.807) is 0 Å². The summed E-state index contributed by atoms with van der Waals surface area (Å²) in [4.78, 5) is 43.4. The molecular formula is C32H39ClN2O9S. The van der Waals surface area contributed by atoms with E-state index in [4.69, 9.17) is 26.6 Å². The number of rotatable bonds is 13. The van der Waals surface area contributed by atoms with Crippen molar-refractivity contribution in [3.05, 3.63) is 82.9 Å². The van der Waals surface area contributed by atoms with Crippen molar-refractivity contribution in [1.29, 1.82) is 0 Å². The second-order valence-electron chi connectivity index (χ2n) is 10.2. The van der Waals surface area contributed by atoms with Crippen LogP contribution in [0.5, 0.6) is 0 Å². The minimum atomic E-state index is -1.51. The summed E-state index contributed by atoms with van der Waals surface area (Å²) in [6.07, 6.45) is 5.05. The Hall–Kier alpha value is -4.10. The Bertz CT molecular complexity index is 1340. The molecule has 0 aliphatic carbocycles. The molecule has 11 nitrogen and oxygen atoms in total. The minimum Gasteiger partial charge on any atom is -0.545 e. The minimum absolute atomic E-state index is 0.447. The molecule has 0 spiro atoms. The summed E-state index contributed by atoms with van der Waals surface area (Å²) >= 11 is 8.22. The van der Waals surface area contributed by atoms with Gasteiger partial charge in [-0.25, -0.2) is 9.59 Å². The Morgan fingerprint density at radius 3 is 1.84 bits per heavy atom. The van der Waals surface area contributed by atoms with Crippen LogP contribution in [0.15, 0.2) is 76.6 Å². The number of quaternary nitrogens is 2. The van der Waals surface area contributed by atoms with Gasteiger partial charge in [0.15, 0.2) is 0 Å². The molecule has 0 bridgehead atoms. The van der Waals surface area contributed by atoms with E-state index in [0.29, 0.717) is 24.3 Å². The maximum absolute atomic E-state index is 9.53. The van der Waals surface area contributed by atoms with Gasteiger partial charge >= 0.3 is 11.9 Å². The van der Waals surface area contributed by atoms with Crippen molar-refractivity contribution in [2.75, 3.05) is 47.9 Å². The molecule has 244 valence electrons. The molecule has 0 aromatic heterocycles. The van der Waals surface area contributed by atoms with Crippen molar-refractivity contribution >= 4 is 58.6 Å². The third kappa shape index (κ3) is 16.5. The van der Waals surface area contributed by atoms with E-state index < -0.39 is 23.9 Å². The summed E-state index contributed by atoms with van der Waals surface area (Å²) in [6, 6.07) is 14.9. The van der Waals surface area contributed by atoms with Gasteiger partial charge in [-0.3, -0.25) is 0 Å². The van der Waals surface area contributed by atoms with Gasteiger partial charge in [0.25, 0.3) is 0 Å². The molecule has 0 saturated heterocycles.